The summed E-state index contributed by atoms with van der Waals surface area (Å²) in [6.45, 7) is 7.53. The fourth-order valence-electron chi connectivity index (χ4n) is 3.32. The van der Waals surface area contributed by atoms with E-state index in [0.29, 0.717) is 41.2 Å². The average Bonchev–Trinajstić information content (AvgIpc) is 3.35. The second-order valence-electron chi connectivity index (χ2n) is 7.46. The molecule has 1 aromatic rings. The van der Waals surface area contributed by atoms with Gasteiger partial charge in [-0.3, -0.25) is 19.3 Å². The van der Waals surface area contributed by atoms with E-state index in [1.54, 1.807) is 17.0 Å². The van der Waals surface area contributed by atoms with Crippen molar-refractivity contribution in [2.24, 2.45) is 0 Å². The van der Waals surface area contributed by atoms with Crippen LogP contribution in [0.4, 0.5) is 4.79 Å². The molecule has 2 saturated heterocycles. The Kier molecular flexibility index (Phi) is 8.05. The summed E-state index contributed by atoms with van der Waals surface area (Å²) in [5.74, 6) is 0.537. The molecule has 0 unspecified atom stereocenters. The second-order valence-corrected chi connectivity index (χ2v) is 9.30. The molecule has 1 aromatic carbocycles. The lowest BCUT2D eigenvalue weighted by molar-refractivity contribution is -0.135. The number of benzene rings is 1. The monoisotopic (exact) mass is 510 g/mol. The summed E-state index contributed by atoms with van der Waals surface area (Å²) < 4.78 is 12.4. The summed E-state index contributed by atoms with van der Waals surface area (Å²) in [4.78, 5) is 40.6. The van der Waals surface area contributed by atoms with Gasteiger partial charge in [0.1, 0.15) is 6.54 Å². The van der Waals surface area contributed by atoms with E-state index >= 15 is 0 Å². The lowest BCUT2D eigenvalue weighted by Crippen LogP contribution is -2.40. The first-order valence-electron chi connectivity index (χ1n) is 10.5. The predicted molar refractivity (Wildman–Crippen MR) is 124 cm³/mol. The molecule has 0 bridgehead atoms. The molecule has 0 radical (unpaired) electrons. The Labute approximate surface area is 195 Å². The van der Waals surface area contributed by atoms with Crippen LogP contribution in [0, 0.1) is 0 Å². The van der Waals surface area contributed by atoms with Crippen LogP contribution >= 0.6 is 27.7 Å². The van der Waals surface area contributed by atoms with Crippen LogP contribution in [0.2, 0.25) is 0 Å². The van der Waals surface area contributed by atoms with Crippen molar-refractivity contribution in [1.29, 1.82) is 0 Å². The zero-order valence-corrected chi connectivity index (χ0v) is 20.4. The highest BCUT2D eigenvalue weighted by atomic mass is 79.9. The highest BCUT2D eigenvalue weighted by molar-refractivity contribution is 9.10. The van der Waals surface area contributed by atoms with Crippen LogP contribution in [0.25, 0.3) is 6.08 Å². The zero-order chi connectivity index (χ0) is 22.5. The van der Waals surface area contributed by atoms with Gasteiger partial charge in [-0.15, -0.1) is 0 Å². The summed E-state index contributed by atoms with van der Waals surface area (Å²) in [5, 5.41) is -0.426. The number of likely N-dealkylation sites (tertiary alicyclic amines) is 1. The largest absolute Gasteiger partial charge is 0.490 e. The van der Waals surface area contributed by atoms with Crippen molar-refractivity contribution < 1.29 is 23.9 Å². The number of imide groups is 1. The number of ether oxygens (including phenoxy) is 2. The Balaban J connectivity index is 1.81. The van der Waals surface area contributed by atoms with Gasteiger partial charge in [-0.25, -0.2) is 0 Å². The smallest absolute Gasteiger partial charge is 0.294 e. The molecule has 31 heavy (non-hydrogen) atoms. The molecule has 0 N–H and O–H groups in total. The van der Waals surface area contributed by atoms with E-state index < -0.39 is 11.1 Å². The Hall–Kier alpha value is -2.00. The minimum Gasteiger partial charge on any atom is -0.490 e. The molecule has 2 heterocycles. The minimum atomic E-state index is -0.448. The number of carbonyl (C=O) groups is 3. The van der Waals surface area contributed by atoms with E-state index in [4.69, 9.17) is 9.47 Å². The standard InChI is InChI=1S/C22H27BrN2O5S/c1-4-14(3)30-20-16(23)10-15(11-17(20)29-5-2)12-18-21(27)25(22(28)31-18)13-19(26)24-8-6-7-9-24/h10-12,14H,4-9,13H2,1-3H3/b18-12+/t14-/m0/s1. The number of rotatable bonds is 8. The van der Waals surface area contributed by atoms with Crippen LogP contribution in [0.1, 0.15) is 45.6 Å². The molecule has 0 aliphatic carbocycles. The van der Waals surface area contributed by atoms with Gasteiger partial charge in [0.25, 0.3) is 11.1 Å². The van der Waals surface area contributed by atoms with Crippen molar-refractivity contribution in [2.45, 2.75) is 46.1 Å². The average molecular weight is 511 g/mol. The van der Waals surface area contributed by atoms with E-state index in [1.165, 1.54) is 0 Å². The Bertz CT molecular complexity index is 898. The summed E-state index contributed by atoms with van der Waals surface area (Å²) >= 11 is 4.38. The summed E-state index contributed by atoms with van der Waals surface area (Å²) in [5.41, 5.74) is 0.697. The molecule has 0 saturated carbocycles. The lowest BCUT2D eigenvalue weighted by Gasteiger charge is -2.19. The van der Waals surface area contributed by atoms with Gasteiger partial charge in [0.05, 0.1) is 22.1 Å². The van der Waals surface area contributed by atoms with Gasteiger partial charge < -0.3 is 14.4 Å². The molecule has 2 aliphatic rings. The van der Waals surface area contributed by atoms with Crippen molar-refractivity contribution in [3.8, 4) is 11.5 Å². The number of hydrogen-bond acceptors (Lipinski definition) is 6. The molecule has 3 rings (SSSR count). The van der Waals surface area contributed by atoms with Gasteiger partial charge in [-0.05, 0) is 84.6 Å². The van der Waals surface area contributed by atoms with Gasteiger partial charge in [-0.1, -0.05) is 6.92 Å². The molecule has 0 aromatic heterocycles. The molecular formula is C22H27BrN2O5S. The van der Waals surface area contributed by atoms with E-state index in [0.717, 1.165) is 35.9 Å². The molecule has 0 spiro atoms. The fraction of sp³-hybridized carbons (Fsp3) is 0.500. The molecule has 7 nitrogen and oxygen atoms in total. The topological polar surface area (TPSA) is 76.2 Å². The molecule has 2 fully saturated rings. The number of carbonyl (C=O) groups excluding carboxylic acids is 3. The first-order valence-corrected chi connectivity index (χ1v) is 12.1. The zero-order valence-electron chi connectivity index (χ0n) is 18.0. The molecular weight excluding hydrogens is 484 g/mol. The molecule has 3 amide bonds. The predicted octanol–water partition coefficient (Wildman–Crippen LogP) is 4.68. The van der Waals surface area contributed by atoms with Crippen molar-refractivity contribution in [3.63, 3.8) is 0 Å². The van der Waals surface area contributed by atoms with Crippen LogP contribution in [-0.4, -0.2) is 59.2 Å². The van der Waals surface area contributed by atoms with Crippen molar-refractivity contribution >= 4 is 50.8 Å². The van der Waals surface area contributed by atoms with Gasteiger partial charge in [-0.2, -0.15) is 0 Å². The fourth-order valence-corrected chi connectivity index (χ4v) is 4.71. The number of halogens is 1. The summed E-state index contributed by atoms with van der Waals surface area (Å²) in [7, 11) is 0. The lowest BCUT2D eigenvalue weighted by atomic mass is 10.1. The van der Waals surface area contributed by atoms with Crippen molar-refractivity contribution in [2.75, 3.05) is 26.2 Å². The van der Waals surface area contributed by atoms with Crippen LogP contribution < -0.4 is 9.47 Å². The van der Waals surface area contributed by atoms with Gasteiger partial charge in [0.15, 0.2) is 11.5 Å². The van der Waals surface area contributed by atoms with Crippen LogP contribution in [0.3, 0.4) is 0 Å². The highest BCUT2D eigenvalue weighted by Gasteiger charge is 2.37. The van der Waals surface area contributed by atoms with Gasteiger partial charge in [0.2, 0.25) is 5.91 Å². The van der Waals surface area contributed by atoms with E-state index in [1.807, 2.05) is 26.8 Å². The van der Waals surface area contributed by atoms with E-state index in [-0.39, 0.29) is 23.5 Å². The Morgan fingerprint density at radius 1 is 1.26 bits per heavy atom. The first kappa shape index (κ1) is 23.7. The van der Waals surface area contributed by atoms with Gasteiger partial charge in [0, 0.05) is 13.1 Å². The molecule has 2 aliphatic heterocycles. The van der Waals surface area contributed by atoms with Crippen LogP contribution in [-0.2, 0) is 9.59 Å². The minimum absolute atomic E-state index is 0.0194. The molecule has 1 atom stereocenters. The van der Waals surface area contributed by atoms with Crippen LogP contribution in [0.5, 0.6) is 11.5 Å². The third-order valence-corrected chi connectivity index (χ3v) is 6.65. The van der Waals surface area contributed by atoms with Gasteiger partial charge >= 0.3 is 0 Å². The number of hydrogen-bond donors (Lipinski definition) is 0. The maximum atomic E-state index is 12.8. The number of thioether (sulfide) groups is 1. The van der Waals surface area contributed by atoms with E-state index in [2.05, 4.69) is 15.9 Å². The first-order chi connectivity index (χ1) is 14.8. The molecule has 9 heteroatoms. The Morgan fingerprint density at radius 2 is 1.97 bits per heavy atom. The maximum Gasteiger partial charge on any atom is 0.294 e. The third-order valence-electron chi connectivity index (χ3n) is 5.15. The maximum absolute atomic E-state index is 12.8. The Morgan fingerprint density at radius 3 is 2.61 bits per heavy atom. The normalized spacial score (nSPS) is 18.8. The van der Waals surface area contributed by atoms with Crippen molar-refractivity contribution in [3.05, 3.63) is 27.1 Å². The van der Waals surface area contributed by atoms with Crippen molar-refractivity contribution in [1.82, 2.24) is 9.80 Å². The third kappa shape index (κ3) is 5.63. The number of nitrogens with zero attached hydrogens (tertiary/aromatic N) is 2. The molecule has 168 valence electrons. The summed E-state index contributed by atoms with van der Waals surface area (Å²) in [6, 6.07) is 3.61. The quantitative estimate of drug-likeness (QED) is 0.472. The van der Waals surface area contributed by atoms with E-state index in [9.17, 15) is 14.4 Å². The number of amides is 3. The van der Waals surface area contributed by atoms with Crippen LogP contribution in [0.15, 0.2) is 21.5 Å². The SMILES string of the molecule is CCOc1cc(/C=C2/SC(=O)N(CC(=O)N3CCCC3)C2=O)cc(Br)c1O[C@@H](C)CC. The highest BCUT2D eigenvalue weighted by Crippen LogP contribution is 2.40. The second kappa shape index (κ2) is 10.5. The summed E-state index contributed by atoms with van der Waals surface area (Å²) in [6.07, 6.45) is 4.43.